The fraction of sp³-hybridized carbons (Fsp3) is 0.350. The van der Waals surface area contributed by atoms with Crippen LogP contribution in [0.4, 0.5) is 23.2 Å². The predicted octanol–water partition coefficient (Wildman–Crippen LogP) is 4.12. The molecule has 0 aliphatic heterocycles. The first-order valence-corrected chi connectivity index (χ1v) is 9.80. The largest absolute Gasteiger partial charge is 0.484 e. The Morgan fingerprint density at radius 3 is 2.50 bits per heavy atom. The minimum atomic E-state index is -4.46. The van der Waals surface area contributed by atoms with Gasteiger partial charge in [-0.25, -0.2) is 9.37 Å². The summed E-state index contributed by atoms with van der Waals surface area (Å²) in [5.74, 6) is -1.39. The van der Waals surface area contributed by atoms with Gasteiger partial charge < -0.3 is 20.1 Å². The third-order valence-corrected chi connectivity index (χ3v) is 4.12. The van der Waals surface area contributed by atoms with Crippen molar-refractivity contribution in [2.75, 3.05) is 25.1 Å². The first kappa shape index (κ1) is 25.2. The van der Waals surface area contributed by atoms with Crippen LogP contribution >= 0.6 is 11.6 Å². The highest BCUT2D eigenvalue weighted by atomic mass is 35.5. The molecule has 0 fully saturated rings. The summed E-state index contributed by atoms with van der Waals surface area (Å²) in [6.07, 6.45) is -2.09. The number of pyridine rings is 1. The third kappa shape index (κ3) is 9.82. The van der Waals surface area contributed by atoms with Gasteiger partial charge >= 0.3 is 6.18 Å². The van der Waals surface area contributed by atoms with Gasteiger partial charge in [0.25, 0.3) is 5.91 Å². The highest BCUT2D eigenvalue weighted by Gasteiger charge is 2.28. The van der Waals surface area contributed by atoms with Crippen molar-refractivity contribution in [3.8, 4) is 11.6 Å². The van der Waals surface area contributed by atoms with E-state index in [0.29, 0.717) is 25.1 Å². The van der Waals surface area contributed by atoms with Crippen LogP contribution in [0, 0.1) is 5.82 Å². The van der Waals surface area contributed by atoms with Crippen LogP contribution in [-0.4, -0.2) is 42.7 Å². The third-order valence-electron chi connectivity index (χ3n) is 3.82. The topological polar surface area (TPSA) is 89.5 Å². The summed E-state index contributed by atoms with van der Waals surface area (Å²) in [4.78, 5) is 27.3. The van der Waals surface area contributed by atoms with Crippen LogP contribution in [0.1, 0.15) is 19.3 Å². The molecule has 0 bridgehead atoms. The smallest absolute Gasteiger partial charge is 0.422 e. The van der Waals surface area contributed by atoms with E-state index in [9.17, 15) is 27.2 Å². The molecule has 0 aliphatic carbocycles. The van der Waals surface area contributed by atoms with Gasteiger partial charge in [-0.1, -0.05) is 11.6 Å². The van der Waals surface area contributed by atoms with Crippen molar-refractivity contribution in [3.05, 3.63) is 47.4 Å². The number of hydrogen-bond acceptors (Lipinski definition) is 5. The van der Waals surface area contributed by atoms with E-state index in [1.807, 2.05) is 0 Å². The predicted molar refractivity (Wildman–Crippen MR) is 108 cm³/mol. The second-order valence-corrected chi connectivity index (χ2v) is 6.92. The number of nitrogens with one attached hydrogen (secondary N) is 2. The number of ether oxygens (including phenoxy) is 2. The van der Waals surface area contributed by atoms with Gasteiger partial charge in [0.1, 0.15) is 11.6 Å². The number of halogens is 5. The Labute approximate surface area is 186 Å². The molecule has 1 aromatic carbocycles. The zero-order valence-corrected chi connectivity index (χ0v) is 17.4. The highest BCUT2D eigenvalue weighted by molar-refractivity contribution is 6.30. The van der Waals surface area contributed by atoms with E-state index in [1.54, 1.807) is 0 Å². The van der Waals surface area contributed by atoms with Crippen molar-refractivity contribution in [1.82, 2.24) is 10.3 Å². The Morgan fingerprint density at radius 2 is 1.84 bits per heavy atom. The summed E-state index contributed by atoms with van der Waals surface area (Å²) in [6.45, 7) is -1.43. The molecule has 0 spiro atoms. The second-order valence-electron chi connectivity index (χ2n) is 6.51. The number of anilines is 1. The van der Waals surface area contributed by atoms with E-state index in [2.05, 4.69) is 20.4 Å². The quantitative estimate of drug-likeness (QED) is 0.375. The maximum atomic E-state index is 13.3. The maximum absolute atomic E-state index is 13.3. The summed E-state index contributed by atoms with van der Waals surface area (Å²) in [5, 5.41) is 5.13. The van der Waals surface area contributed by atoms with Gasteiger partial charge in [-0.2, -0.15) is 13.2 Å². The molecule has 0 unspecified atom stereocenters. The molecule has 0 aliphatic rings. The van der Waals surface area contributed by atoms with Crippen molar-refractivity contribution >= 4 is 29.1 Å². The molecule has 1 heterocycles. The van der Waals surface area contributed by atoms with E-state index < -0.39 is 24.5 Å². The van der Waals surface area contributed by atoms with E-state index in [4.69, 9.17) is 16.3 Å². The monoisotopic (exact) mass is 477 g/mol. The molecule has 2 N–H and O–H groups in total. The molecule has 2 aromatic rings. The van der Waals surface area contributed by atoms with E-state index >= 15 is 0 Å². The van der Waals surface area contributed by atoms with E-state index in [1.165, 1.54) is 30.5 Å². The summed E-state index contributed by atoms with van der Waals surface area (Å²) < 4.78 is 59.2. The zero-order valence-electron chi connectivity index (χ0n) is 16.7. The average Bonchev–Trinajstić information content (AvgIpc) is 2.73. The molecule has 7 nitrogen and oxygen atoms in total. The van der Waals surface area contributed by atoms with Crippen molar-refractivity contribution in [1.29, 1.82) is 0 Å². The lowest BCUT2D eigenvalue weighted by molar-refractivity contribution is -0.154. The minimum absolute atomic E-state index is 0.0472. The highest BCUT2D eigenvalue weighted by Crippen LogP contribution is 2.20. The van der Waals surface area contributed by atoms with Crippen LogP contribution in [-0.2, 0) is 9.59 Å². The molecule has 0 radical (unpaired) electrons. The van der Waals surface area contributed by atoms with Crippen molar-refractivity contribution in [2.45, 2.75) is 25.4 Å². The van der Waals surface area contributed by atoms with E-state index in [0.717, 1.165) is 6.07 Å². The number of nitrogens with zero attached hydrogens (tertiary/aromatic N) is 1. The average molecular weight is 478 g/mol. The lowest BCUT2D eigenvalue weighted by atomic mass is 10.2. The minimum Gasteiger partial charge on any atom is -0.484 e. The van der Waals surface area contributed by atoms with Crippen LogP contribution in [0.2, 0.25) is 5.02 Å². The van der Waals surface area contributed by atoms with E-state index in [-0.39, 0.29) is 35.6 Å². The molecule has 2 amide bonds. The SMILES string of the molecule is O=C(COc1ccc(Cl)c(F)c1)NCCCCC(=O)Nc1ccc(OCC(F)(F)F)nc1. The Hall–Kier alpha value is -3.08. The van der Waals surface area contributed by atoms with Crippen LogP contribution < -0.4 is 20.1 Å². The molecule has 12 heteroatoms. The second kappa shape index (κ2) is 12.1. The van der Waals surface area contributed by atoms with Crippen LogP contribution in [0.3, 0.4) is 0 Å². The molecule has 32 heavy (non-hydrogen) atoms. The number of rotatable bonds is 11. The number of hydrogen-bond donors (Lipinski definition) is 2. The van der Waals surface area contributed by atoms with Crippen molar-refractivity contribution < 1.29 is 36.6 Å². The first-order chi connectivity index (χ1) is 15.1. The molecular weight excluding hydrogens is 458 g/mol. The van der Waals surface area contributed by atoms with Crippen LogP contribution in [0.15, 0.2) is 36.5 Å². The Bertz CT molecular complexity index is 911. The fourth-order valence-corrected chi connectivity index (χ4v) is 2.44. The normalized spacial score (nSPS) is 11.0. The standard InChI is InChI=1S/C20H20ClF4N3O4/c21-15-6-5-14(9-16(15)22)31-11-18(30)26-8-2-1-3-17(29)28-13-4-7-19(27-10-13)32-12-20(23,24)25/h4-7,9-10H,1-3,8,11-12H2,(H,26,30)(H,28,29). The summed E-state index contributed by atoms with van der Waals surface area (Å²) >= 11 is 5.56. The Morgan fingerprint density at radius 1 is 1.06 bits per heavy atom. The van der Waals surface area contributed by atoms with Crippen molar-refractivity contribution in [2.24, 2.45) is 0 Å². The van der Waals surface area contributed by atoms with Gasteiger partial charge in [-0.15, -0.1) is 0 Å². The molecule has 0 saturated heterocycles. The number of alkyl halides is 3. The first-order valence-electron chi connectivity index (χ1n) is 9.42. The molecule has 0 saturated carbocycles. The Kier molecular flexibility index (Phi) is 9.51. The zero-order chi connectivity index (χ0) is 23.6. The van der Waals surface area contributed by atoms with Crippen LogP contribution in [0.5, 0.6) is 11.6 Å². The number of benzene rings is 1. The van der Waals surface area contributed by atoms with Gasteiger partial charge in [-0.05, 0) is 31.0 Å². The number of carbonyl (C=O) groups is 2. The Balaban J connectivity index is 1.57. The lowest BCUT2D eigenvalue weighted by Gasteiger charge is -2.09. The van der Waals surface area contributed by atoms with Gasteiger partial charge in [0.15, 0.2) is 13.2 Å². The van der Waals surface area contributed by atoms with Gasteiger partial charge in [0.05, 0.1) is 16.9 Å². The van der Waals surface area contributed by atoms with Gasteiger partial charge in [-0.3, -0.25) is 9.59 Å². The molecule has 1 aromatic heterocycles. The van der Waals surface area contributed by atoms with Gasteiger partial charge in [0, 0.05) is 25.1 Å². The summed E-state index contributed by atoms with van der Waals surface area (Å²) in [5.41, 5.74) is 0.318. The van der Waals surface area contributed by atoms with Crippen molar-refractivity contribution in [3.63, 3.8) is 0 Å². The molecule has 2 rings (SSSR count). The summed E-state index contributed by atoms with van der Waals surface area (Å²) in [6, 6.07) is 6.44. The summed E-state index contributed by atoms with van der Waals surface area (Å²) in [7, 11) is 0. The number of carbonyl (C=O) groups excluding carboxylic acids is 2. The molecular formula is C20H20ClF4N3O4. The number of amides is 2. The van der Waals surface area contributed by atoms with Crippen LogP contribution in [0.25, 0.3) is 0 Å². The molecule has 0 atom stereocenters. The maximum Gasteiger partial charge on any atom is 0.422 e. The van der Waals surface area contributed by atoms with Gasteiger partial charge in [0.2, 0.25) is 11.8 Å². The number of unbranched alkanes of at least 4 members (excludes halogenated alkanes) is 1. The fourth-order valence-electron chi connectivity index (χ4n) is 2.32. The number of aromatic nitrogens is 1. The molecule has 174 valence electrons. The lowest BCUT2D eigenvalue weighted by Crippen LogP contribution is -2.29.